The van der Waals surface area contributed by atoms with Gasteiger partial charge in [-0.2, -0.15) is 0 Å². The molecule has 1 aromatic carbocycles. The molecule has 0 bridgehead atoms. The molecule has 0 aliphatic carbocycles. The van der Waals surface area contributed by atoms with E-state index in [0.29, 0.717) is 24.5 Å². The Labute approximate surface area is 188 Å². The van der Waals surface area contributed by atoms with Gasteiger partial charge in [0.05, 0.1) is 12.6 Å². The first kappa shape index (κ1) is 26.0. The molecule has 1 atom stereocenters. The minimum absolute atomic E-state index is 0. The minimum atomic E-state index is 0. The first-order valence-corrected chi connectivity index (χ1v) is 10.5. The van der Waals surface area contributed by atoms with E-state index in [0.717, 1.165) is 50.3 Å². The summed E-state index contributed by atoms with van der Waals surface area (Å²) in [5.74, 6) is 1.18. The van der Waals surface area contributed by atoms with Crippen LogP contribution in [-0.2, 0) is 11.3 Å². The quantitative estimate of drug-likeness (QED) is 0.693. The number of benzene rings is 1. The van der Waals surface area contributed by atoms with E-state index in [-0.39, 0.29) is 30.9 Å². The van der Waals surface area contributed by atoms with Crippen LogP contribution in [-0.4, -0.2) is 61.6 Å². The Kier molecular flexibility index (Phi) is 10.8. The predicted molar refractivity (Wildman–Crippen MR) is 123 cm³/mol. The Hall–Kier alpha value is -1.01. The molecule has 1 aromatic rings. The van der Waals surface area contributed by atoms with Crippen LogP contribution in [0.3, 0.4) is 0 Å². The van der Waals surface area contributed by atoms with Gasteiger partial charge >= 0.3 is 0 Å². The maximum Gasteiger partial charge on any atom is 0.240 e. The number of piperidine rings is 1. The fraction of sp³-hybridized carbons (Fsp3) is 0.682. The van der Waals surface area contributed by atoms with E-state index in [1.165, 1.54) is 12.8 Å². The monoisotopic (exact) mass is 445 g/mol. The second-order valence-corrected chi connectivity index (χ2v) is 8.22. The first-order valence-electron chi connectivity index (χ1n) is 10.5. The molecule has 2 aliphatic heterocycles. The number of halogens is 2. The summed E-state index contributed by atoms with van der Waals surface area (Å²) in [6.07, 6.45) is 4.36. The Morgan fingerprint density at radius 2 is 1.86 bits per heavy atom. The standard InChI is InChI=1S/C22H35N3O2.2ClH/c1-4-14-25(16-18-6-8-19(9-7-18)27-5-2)21(26)20-15-22(17-24(20)3)10-12-23-13-11-22;;/h6-9,20,23H,4-5,10-17H2,1-3H3;2*1H. The zero-order valence-corrected chi connectivity index (χ0v) is 19.6. The van der Waals surface area contributed by atoms with Gasteiger partial charge in [-0.15, -0.1) is 24.8 Å². The second kappa shape index (κ2) is 12.0. The van der Waals surface area contributed by atoms with Crippen molar-refractivity contribution in [3.05, 3.63) is 29.8 Å². The molecular formula is C22H37Cl2N3O2. The van der Waals surface area contributed by atoms with Gasteiger partial charge in [-0.1, -0.05) is 19.1 Å². The van der Waals surface area contributed by atoms with Crippen molar-refractivity contribution in [1.29, 1.82) is 0 Å². The van der Waals surface area contributed by atoms with Crippen LogP contribution in [0.4, 0.5) is 0 Å². The summed E-state index contributed by atoms with van der Waals surface area (Å²) in [4.78, 5) is 17.7. The third kappa shape index (κ3) is 6.48. The van der Waals surface area contributed by atoms with Crippen LogP contribution in [0.15, 0.2) is 24.3 Å². The van der Waals surface area contributed by atoms with E-state index in [1.807, 2.05) is 19.1 Å². The van der Waals surface area contributed by atoms with Gasteiger partial charge in [0.25, 0.3) is 0 Å². The van der Waals surface area contributed by atoms with Gasteiger partial charge in [0.1, 0.15) is 5.75 Å². The zero-order valence-electron chi connectivity index (χ0n) is 18.0. The van der Waals surface area contributed by atoms with Gasteiger partial charge < -0.3 is 15.0 Å². The molecule has 2 heterocycles. The Morgan fingerprint density at radius 1 is 1.21 bits per heavy atom. The fourth-order valence-corrected chi connectivity index (χ4v) is 4.69. The molecule has 2 fully saturated rings. The van der Waals surface area contributed by atoms with Crippen LogP contribution in [0, 0.1) is 5.41 Å². The Balaban J connectivity index is 0.00000210. The van der Waals surface area contributed by atoms with Gasteiger partial charge in [0, 0.05) is 19.6 Å². The molecule has 2 aliphatic rings. The van der Waals surface area contributed by atoms with Gasteiger partial charge in [-0.05, 0) is 75.9 Å². The molecule has 0 aromatic heterocycles. The molecule has 1 unspecified atom stereocenters. The van der Waals surface area contributed by atoms with Crippen LogP contribution in [0.25, 0.3) is 0 Å². The van der Waals surface area contributed by atoms with Crippen molar-refractivity contribution in [2.45, 2.75) is 52.1 Å². The smallest absolute Gasteiger partial charge is 0.240 e. The number of rotatable bonds is 7. The number of nitrogens with zero attached hydrogens (tertiary/aromatic N) is 2. The van der Waals surface area contributed by atoms with E-state index in [1.54, 1.807) is 0 Å². The van der Waals surface area contributed by atoms with Crippen LogP contribution in [0.2, 0.25) is 0 Å². The topological polar surface area (TPSA) is 44.8 Å². The van der Waals surface area contributed by atoms with Crippen molar-refractivity contribution in [3.63, 3.8) is 0 Å². The van der Waals surface area contributed by atoms with Crippen molar-refractivity contribution in [2.75, 3.05) is 39.8 Å². The van der Waals surface area contributed by atoms with E-state index >= 15 is 0 Å². The molecule has 1 spiro atoms. The highest BCUT2D eigenvalue weighted by atomic mass is 35.5. The maximum atomic E-state index is 13.4. The number of carbonyl (C=O) groups is 1. The lowest BCUT2D eigenvalue weighted by molar-refractivity contribution is -0.136. The number of likely N-dealkylation sites (N-methyl/N-ethyl adjacent to an activating group) is 1. The SMILES string of the molecule is CCCN(Cc1ccc(OCC)cc1)C(=O)C1CC2(CCNCC2)CN1C.Cl.Cl. The van der Waals surface area contributed by atoms with Gasteiger partial charge in [-0.25, -0.2) is 0 Å². The summed E-state index contributed by atoms with van der Waals surface area (Å²) in [6.45, 7) is 9.51. The summed E-state index contributed by atoms with van der Waals surface area (Å²) in [7, 11) is 2.13. The lowest BCUT2D eigenvalue weighted by Gasteiger charge is -2.33. The number of likely N-dealkylation sites (tertiary alicyclic amines) is 1. The molecule has 2 saturated heterocycles. The number of hydrogen-bond donors (Lipinski definition) is 1. The largest absolute Gasteiger partial charge is 0.494 e. The molecule has 166 valence electrons. The normalized spacial score (nSPS) is 20.6. The van der Waals surface area contributed by atoms with Crippen LogP contribution >= 0.6 is 24.8 Å². The lowest BCUT2D eigenvalue weighted by atomic mass is 9.77. The number of amides is 1. The minimum Gasteiger partial charge on any atom is -0.494 e. The highest BCUT2D eigenvalue weighted by Crippen LogP contribution is 2.41. The van der Waals surface area contributed by atoms with E-state index in [9.17, 15) is 4.79 Å². The van der Waals surface area contributed by atoms with Crippen molar-refractivity contribution >= 4 is 30.7 Å². The molecule has 0 radical (unpaired) electrons. The summed E-state index contributed by atoms with van der Waals surface area (Å²) < 4.78 is 5.53. The highest BCUT2D eigenvalue weighted by Gasteiger charge is 2.46. The predicted octanol–water partition coefficient (Wildman–Crippen LogP) is 3.74. The summed E-state index contributed by atoms with van der Waals surface area (Å²) in [5.41, 5.74) is 1.50. The molecule has 1 N–H and O–H groups in total. The Bertz CT molecular complexity index is 621. The summed E-state index contributed by atoms with van der Waals surface area (Å²) >= 11 is 0. The number of ether oxygens (including phenoxy) is 1. The molecule has 29 heavy (non-hydrogen) atoms. The molecule has 3 rings (SSSR count). The van der Waals surface area contributed by atoms with Crippen molar-refractivity contribution in [2.24, 2.45) is 5.41 Å². The van der Waals surface area contributed by atoms with Crippen LogP contribution < -0.4 is 10.1 Å². The third-order valence-electron chi connectivity index (χ3n) is 6.11. The average Bonchev–Trinajstić information content (AvgIpc) is 2.98. The third-order valence-corrected chi connectivity index (χ3v) is 6.11. The van der Waals surface area contributed by atoms with Crippen LogP contribution in [0.5, 0.6) is 5.75 Å². The number of carbonyl (C=O) groups excluding carboxylic acids is 1. The highest BCUT2D eigenvalue weighted by molar-refractivity contribution is 5.85. The number of hydrogen-bond acceptors (Lipinski definition) is 4. The lowest BCUT2D eigenvalue weighted by Crippen LogP contribution is -2.44. The van der Waals surface area contributed by atoms with Crippen molar-refractivity contribution < 1.29 is 9.53 Å². The summed E-state index contributed by atoms with van der Waals surface area (Å²) in [5, 5.41) is 3.46. The molecule has 1 amide bonds. The zero-order chi connectivity index (χ0) is 19.3. The first-order chi connectivity index (χ1) is 13.1. The van der Waals surface area contributed by atoms with E-state index in [2.05, 4.69) is 41.2 Å². The van der Waals surface area contributed by atoms with Gasteiger partial charge in [0.15, 0.2) is 0 Å². The number of nitrogens with one attached hydrogen (secondary N) is 1. The maximum absolute atomic E-state index is 13.4. The fourth-order valence-electron chi connectivity index (χ4n) is 4.69. The van der Waals surface area contributed by atoms with Gasteiger partial charge in [0.2, 0.25) is 5.91 Å². The van der Waals surface area contributed by atoms with Crippen molar-refractivity contribution in [1.82, 2.24) is 15.1 Å². The molecule has 7 heteroatoms. The molecule has 0 saturated carbocycles. The van der Waals surface area contributed by atoms with E-state index in [4.69, 9.17) is 4.74 Å². The van der Waals surface area contributed by atoms with E-state index < -0.39 is 0 Å². The second-order valence-electron chi connectivity index (χ2n) is 8.22. The summed E-state index contributed by atoms with van der Waals surface area (Å²) in [6, 6.07) is 8.18. The Morgan fingerprint density at radius 3 is 2.45 bits per heavy atom. The van der Waals surface area contributed by atoms with Gasteiger partial charge in [-0.3, -0.25) is 9.69 Å². The molecule has 5 nitrogen and oxygen atoms in total. The average molecular weight is 446 g/mol. The molecular weight excluding hydrogens is 409 g/mol. The van der Waals surface area contributed by atoms with Crippen LogP contribution in [0.1, 0.15) is 45.1 Å². The van der Waals surface area contributed by atoms with Crippen molar-refractivity contribution in [3.8, 4) is 5.75 Å².